The Balaban J connectivity index is 0.934. The summed E-state index contributed by atoms with van der Waals surface area (Å²) in [6.07, 6.45) is 9.27. The Hall–Kier alpha value is -8.72. The monoisotopic (exact) mass is 935 g/mol. The van der Waals surface area contributed by atoms with Gasteiger partial charge in [0.15, 0.2) is 0 Å². The van der Waals surface area contributed by atoms with Crippen molar-refractivity contribution in [3.63, 3.8) is 0 Å². The third kappa shape index (κ3) is 6.30. The molecular formula is C71H53NO. The largest absolute Gasteiger partial charge is 0.489 e. The summed E-state index contributed by atoms with van der Waals surface area (Å²) in [6, 6.07) is 89.1. The molecule has 10 aromatic carbocycles. The van der Waals surface area contributed by atoms with Gasteiger partial charge in [0.1, 0.15) is 12.4 Å². The summed E-state index contributed by atoms with van der Waals surface area (Å²) in [5, 5.41) is 0. The van der Waals surface area contributed by atoms with Crippen LogP contribution in [-0.4, -0.2) is 6.61 Å². The number of nitrogens with zero attached hydrogens (tertiary/aromatic N) is 1. The Morgan fingerprint density at radius 3 is 1.51 bits per heavy atom. The highest BCUT2D eigenvalue weighted by Gasteiger charge is 2.56. The van der Waals surface area contributed by atoms with E-state index in [1.165, 1.54) is 94.6 Å². The van der Waals surface area contributed by atoms with Gasteiger partial charge in [-0.15, -0.1) is 0 Å². The van der Waals surface area contributed by atoms with Crippen LogP contribution in [0.3, 0.4) is 0 Å². The zero-order valence-corrected chi connectivity index (χ0v) is 41.1. The maximum Gasteiger partial charge on any atom is 0.125 e. The first-order chi connectivity index (χ1) is 36.0. The number of rotatable bonds is 6. The van der Waals surface area contributed by atoms with E-state index in [1.807, 2.05) is 0 Å². The van der Waals surface area contributed by atoms with Gasteiger partial charge >= 0.3 is 0 Å². The lowest BCUT2D eigenvalue weighted by atomic mass is 9.51. The molecule has 0 N–H and O–H groups in total. The summed E-state index contributed by atoms with van der Waals surface area (Å²) in [4.78, 5) is 2.40. The molecule has 4 aliphatic rings. The van der Waals surface area contributed by atoms with E-state index in [1.54, 1.807) is 0 Å². The maximum atomic E-state index is 6.45. The highest BCUT2D eigenvalue weighted by Crippen LogP contribution is 2.65. The number of ether oxygens (including phenoxy) is 1. The molecule has 2 heteroatoms. The molecule has 14 rings (SSSR count). The molecular weight excluding hydrogens is 883 g/mol. The van der Waals surface area contributed by atoms with Crippen molar-refractivity contribution in [1.29, 1.82) is 0 Å². The van der Waals surface area contributed by atoms with Gasteiger partial charge in [-0.05, 0) is 143 Å². The van der Waals surface area contributed by atoms with Crippen LogP contribution in [0.1, 0.15) is 75.0 Å². The lowest BCUT2D eigenvalue weighted by Gasteiger charge is -2.50. The first-order valence-electron chi connectivity index (χ1n) is 25.7. The van der Waals surface area contributed by atoms with Crippen LogP contribution in [0.25, 0.3) is 33.4 Å². The molecule has 348 valence electrons. The third-order valence-electron chi connectivity index (χ3n) is 16.6. The molecule has 1 heterocycles. The van der Waals surface area contributed by atoms with Crippen molar-refractivity contribution in [3.05, 3.63) is 322 Å². The maximum absolute atomic E-state index is 6.45. The molecule has 1 spiro atoms. The van der Waals surface area contributed by atoms with Crippen molar-refractivity contribution in [2.45, 2.75) is 36.5 Å². The average Bonchev–Trinajstić information content (AvgIpc) is 3.91. The Kier molecular flexibility index (Phi) is 9.85. The van der Waals surface area contributed by atoms with Gasteiger partial charge in [0.05, 0.1) is 10.8 Å². The minimum absolute atomic E-state index is 0.141. The van der Waals surface area contributed by atoms with E-state index in [4.69, 9.17) is 4.74 Å². The molecule has 0 saturated carbocycles. The van der Waals surface area contributed by atoms with Gasteiger partial charge in [-0.1, -0.05) is 226 Å². The number of fused-ring (bicyclic) bond motifs is 13. The Morgan fingerprint density at radius 1 is 0.356 bits per heavy atom. The molecule has 10 aromatic rings. The molecule has 3 aliphatic carbocycles. The van der Waals surface area contributed by atoms with Crippen molar-refractivity contribution in [2.75, 3.05) is 11.5 Å². The molecule has 0 radical (unpaired) electrons. The normalized spacial score (nSPS) is 16.4. The SMILES string of the molecule is CC1(C)c2ccccc2-c2ccc(N(c3ccc(-c4ccc5c(c4)C4(c6ccccc6-5)c5ccccc5C(c5ccccc5)(c5ccccc5)c5ccccc54)cc3)c3ccc4c(c3)OC/C=C\C=C/C4)cc21. The summed E-state index contributed by atoms with van der Waals surface area (Å²) in [5.41, 5.74) is 23.8. The topological polar surface area (TPSA) is 12.5 Å². The third-order valence-corrected chi connectivity index (χ3v) is 16.6. The lowest BCUT2D eigenvalue weighted by Crippen LogP contribution is -2.44. The predicted octanol–water partition coefficient (Wildman–Crippen LogP) is 17.2. The second-order valence-corrected chi connectivity index (χ2v) is 20.6. The van der Waals surface area contributed by atoms with E-state index in [2.05, 4.69) is 280 Å². The van der Waals surface area contributed by atoms with Gasteiger partial charge < -0.3 is 9.64 Å². The van der Waals surface area contributed by atoms with Crippen LogP contribution in [0.2, 0.25) is 0 Å². The van der Waals surface area contributed by atoms with Gasteiger partial charge in [0, 0.05) is 28.5 Å². The Bertz CT molecular complexity index is 3770. The fraction of sp³-hybridized carbons (Fsp3) is 0.0986. The first kappa shape index (κ1) is 43.1. The summed E-state index contributed by atoms with van der Waals surface area (Å²) in [5.74, 6) is 0.910. The lowest BCUT2D eigenvalue weighted by molar-refractivity contribution is 0.360. The van der Waals surface area contributed by atoms with Crippen molar-refractivity contribution >= 4 is 17.1 Å². The van der Waals surface area contributed by atoms with Gasteiger partial charge in [0.2, 0.25) is 0 Å². The van der Waals surface area contributed by atoms with E-state index < -0.39 is 10.8 Å². The van der Waals surface area contributed by atoms with E-state index in [9.17, 15) is 0 Å². The van der Waals surface area contributed by atoms with Crippen molar-refractivity contribution in [2.24, 2.45) is 0 Å². The number of hydrogen-bond donors (Lipinski definition) is 0. The highest BCUT2D eigenvalue weighted by molar-refractivity contribution is 5.92. The van der Waals surface area contributed by atoms with Gasteiger partial charge in [-0.25, -0.2) is 0 Å². The summed E-state index contributed by atoms with van der Waals surface area (Å²) in [6.45, 7) is 5.24. The zero-order valence-electron chi connectivity index (χ0n) is 41.1. The first-order valence-corrected chi connectivity index (χ1v) is 25.7. The highest BCUT2D eigenvalue weighted by atomic mass is 16.5. The van der Waals surface area contributed by atoms with E-state index >= 15 is 0 Å². The summed E-state index contributed by atoms with van der Waals surface area (Å²) < 4.78 is 6.45. The van der Waals surface area contributed by atoms with Gasteiger partial charge in [-0.2, -0.15) is 0 Å². The van der Waals surface area contributed by atoms with Crippen LogP contribution in [0.15, 0.2) is 261 Å². The van der Waals surface area contributed by atoms with Gasteiger partial charge in [-0.3, -0.25) is 0 Å². The van der Waals surface area contributed by atoms with Crippen LogP contribution in [0.5, 0.6) is 5.75 Å². The molecule has 1 aliphatic heterocycles. The van der Waals surface area contributed by atoms with Crippen molar-refractivity contribution < 1.29 is 4.74 Å². The van der Waals surface area contributed by atoms with Crippen LogP contribution in [-0.2, 0) is 22.7 Å². The van der Waals surface area contributed by atoms with Crippen molar-refractivity contribution in [1.82, 2.24) is 0 Å². The summed E-state index contributed by atoms with van der Waals surface area (Å²) in [7, 11) is 0. The molecule has 0 unspecified atom stereocenters. The molecule has 2 nitrogen and oxygen atoms in total. The fourth-order valence-electron chi connectivity index (χ4n) is 13.4. The second-order valence-electron chi connectivity index (χ2n) is 20.6. The van der Waals surface area contributed by atoms with Crippen molar-refractivity contribution in [3.8, 4) is 39.1 Å². The van der Waals surface area contributed by atoms with E-state index in [0.717, 1.165) is 29.2 Å². The van der Waals surface area contributed by atoms with E-state index in [-0.39, 0.29) is 5.41 Å². The average molecular weight is 936 g/mol. The van der Waals surface area contributed by atoms with Crippen LogP contribution in [0, 0.1) is 0 Å². The van der Waals surface area contributed by atoms with Crippen LogP contribution < -0.4 is 9.64 Å². The second kappa shape index (κ2) is 16.7. The zero-order chi connectivity index (χ0) is 48.7. The molecule has 0 aromatic heterocycles. The molecule has 0 atom stereocenters. The molecule has 0 fully saturated rings. The number of allylic oxidation sites excluding steroid dienone is 3. The Labute approximate surface area is 428 Å². The molecule has 0 saturated heterocycles. The molecule has 0 amide bonds. The smallest absolute Gasteiger partial charge is 0.125 e. The number of benzene rings is 10. The summed E-state index contributed by atoms with van der Waals surface area (Å²) >= 11 is 0. The van der Waals surface area contributed by atoms with E-state index in [0.29, 0.717) is 6.61 Å². The standard InChI is InChI=1S/C71H53NO/c1-69(2)60-28-14-12-26-56(60)58-43-41-54(46-66(58)69)72(55-40-36-49-21-7-3-4-20-44-73-68(49)47-55)53-38-34-48(35-39-53)50-37-42-59-57-27-13-15-29-61(57)71(67(59)45-50)64-32-18-16-30-62(64)70(51-22-8-5-9-23-51,52-24-10-6-11-25-52)63-31-17-19-33-65(63)71/h3-20,22-43,45-47H,21,44H2,1-2H3/b7-3-,20-4-. The Morgan fingerprint density at radius 2 is 0.836 bits per heavy atom. The quantitative estimate of drug-likeness (QED) is 0.165. The predicted molar refractivity (Wildman–Crippen MR) is 301 cm³/mol. The molecule has 73 heavy (non-hydrogen) atoms. The number of anilines is 3. The minimum Gasteiger partial charge on any atom is -0.489 e. The van der Waals surface area contributed by atoms with Gasteiger partial charge in [0.25, 0.3) is 0 Å². The van der Waals surface area contributed by atoms with Crippen LogP contribution in [0.4, 0.5) is 17.1 Å². The fourth-order valence-corrected chi connectivity index (χ4v) is 13.4. The minimum atomic E-state index is -0.572. The van der Waals surface area contributed by atoms with Crippen LogP contribution >= 0.6 is 0 Å². The molecule has 0 bridgehead atoms. The number of hydrogen-bond acceptors (Lipinski definition) is 2.